The number of carbonyl (C=O) groups is 1. The van der Waals surface area contributed by atoms with Gasteiger partial charge < -0.3 is 11.1 Å². The molecule has 17 heavy (non-hydrogen) atoms. The van der Waals surface area contributed by atoms with Crippen LogP contribution in [-0.2, 0) is 0 Å². The molecule has 0 spiro atoms. The van der Waals surface area contributed by atoms with E-state index < -0.39 is 17.5 Å². The molecule has 5 heteroatoms. The summed E-state index contributed by atoms with van der Waals surface area (Å²) in [6.07, 6.45) is 1.75. The first-order valence-corrected chi connectivity index (χ1v) is 5.52. The minimum absolute atomic E-state index is 0.0568. The standard InChI is InChI=1S/C12H14F2N2O/c1-6-2-8(3-6)16-12(17)9-4-7(13)5-10(15)11(9)14/h4-6,8H,2-3,15H2,1H3,(H,16,17). The summed E-state index contributed by atoms with van der Waals surface area (Å²) >= 11 is 0. The smallest absolute Gasteiger partial charge is 0.254 e. The van der Waals surface area contributed by atoms with Crippen LogP contribution in [0, 0.1) is 17.6 Å². The highest BCUT2D eigenvalue weighted by atomic mass is 19.1. The number of rotatable bonds is 2. The predicted octanol–water partition coefficient (Wildman–Crippen LogP) is 2.08. The Morgan fingerprint density at radius 2 is 2.06 bits per heavy atom. The minimum atomic E-state index is -0.865. The second kappa shape index (κ2) is 4.31. The van der Waals surface area contributed by atoms with Gasteiger partial charge in [0.25, 0.3) is 5.91 Å². The third-order valence-electron chi connectivity index (χ3n) is 3.02. The molecule has 1 aliphatic rings. The van der Waals surface area contributed by atoms with Crippen molar-refractivity contribution in [1.82, 2.24) is 5.32 Å². The molecule has 1 saturated carbocycles. The fourth-order valence-electron chi connectivity index (χ4n) is 2.06. The number of halogens is 2. The molecule has 92 valence electrons. The number of hydrogen-bond donors (Lipinski definition) is 2. The molecule has 0 aliphatic heterocycles. The Morgan fingerprint density at radius 3 is 2.65 bits per heavy atom. The molecule has 1 fully saturated rings. The van der Waals surface area contributed by atoms with Crippen molar-refractivity contribution in [2.45, 2.75) is 25.8 Å². The number of carbonyl (C=O) groups excluding carboxylic acids is 1. The van der Waals surface area contributed by atoms with E-state index in [4.69, 9.17) is 5.73 Å². The topological polar surface area (TPSA) is 55.1 Å². The SMILES string of the molecule is CC1CC(NC(=O)c2cc(F)cc(N)c2F)C1. The van der Waals surface area contributed by atoms with Gasteiger partial charge in [-0.15, -0.1) is 0 Å². The third-order valence-corrected chi connectivity index (χ3v) is 3.02. The second-order valence-corrected chi connectivity index (χ2v) is 4.60. The Hall–Kier alpha value is -1.65. The summed E-state index contributed by atoms with van der Waals surface area (Å²) in [5.74, 6) is -1.61. The summed E-state index contributed by atoms with van der Waals surface area (Å²) in [6.45, 7) is 2.07. The third kappa shape index (κ3) is 2.38. The van der Waals surface area contributed by atoms with E-state index in [1.807, 2.05) is 0 Å². The molecule has 0 unspecified atom stereocenters. The van der Waals surface area contributed by atoms with Gasteiger partial charge in [0.05, 0.1) is 11.3 Å². The van der Waals surface area contributed by atoms with Gasteiger partial charge in [-0.05, 0) is 30.9 Å². The van der Waals surface area contributed by atoms with Gasteiger partial charge in [-0.2, -0.15) is 0 Å². The van der Waals surface area contributed by atoms with Crippen LogP contribution in [0.15, 0.2) is 12.1 Å². The van der Waals surface area contributed by atoms with Crippen LogP contribution in [-0.4, -0.2) is 11.9 Å². The van der Waals surface area contributed by atoms with Gasteiger partial charge in [-0.3, -0.25) is 4.79 Å². The lowest BCUT2D eigenvalue weighted by atomic mass is 9.82. The van der Waals surface area contributed by atoms with E-state index in [2.05, 4.69) is 12.2 Å². The van der Waals surface area contributed by atoms with Crippen molar-refractivity contribution in [3.05, 3.63) is 29.3 Å². The zero-order chi connectivity index (χ0) is 12.6. The first kappa shape index (κ1) is 11.8. The summed E-state index contributed by atoms with van der Waals surface area (Å²) in [6, 6.07) is 1.78. The van der Waals surface area contributed by atoms with Crippen LogP contribution < -0.4 is 11.1 Å². The summed E-state index contributed by atoms with van der Waals surface area (Å²) in [5, 5.41) is 2.66. The number of benzene rings is 1. The number of hydrogen-bond acceptors (Lipinski definition) is 2. The summed E-state index contributed by atoms with van der Waals surface area (Å²) < 4.78 is 26.6. The summed E-state index contributed by atoms with van der Waals surface area (Å²) in [4.78, 5) is 11.7. The van der Waals surface area contributed by atoms with Gasteiger partial charge in [-0.1, -0.05) is 6.92 Å². The lowest BCUT2D eigenvalue weighted by Gasteiger charge is -2.33. The Labute approximate surface area is 98.0 Å². The van der Waals surface area contributed by atoms with Crippen LogP contribution in [0.4, 0.5) is 14.5 Å². The van der Waals surface area contributed by atoms with Crippen LogP contribution >= 0.6 is 0 Å². The highest BCUT2D eigenvalue weighted by Crippen LogP contribution is 2.27. The van der Waals surface area contributed by atoms with E-state index in [1.165, 1.54) is 0 Å². The van der Waals surface area contributed by atoms with Gasteiger partial charge in [0.2, 0.25) is 0 Å². The number of anilines is 1. The maximum Gasteiger partial charge on any atom is 0.254 e. The molecule has 1 aromatic rings. The monoisotopic (exact) mass is 240 g/mol. The van der Waals surface area contributed by atoms with Crippen LogP contribution in [0.1, 0.15) is 30.1 Å². The Morgan fingerprint density at radius 1 is 1.41 bits per heavy atom. The molecule has 2 rings (SSSR count). The fraction of sp³-hybridized carbons (Fsp3) is 0.417. The molecular formula is C12H14F2N2O. The average molecular weight is 240 g/mol. The minimum Gasteiger partial charge on any atom is -0.396 e. The normalized spacial score (nSPS) is 23.0. The van der Waals surface area contributed by atoms with Crippen molar-refractivity contribution in [2.75, 3.05) is 5.73 Å². The number of nitrogens with two attached hydrogens (primary N) is 1. The van der Waals surface area contributed by atoms with Gasteiger partial charge in [0, 0.05) is 6.04 Å². The van der Waals surface area contributed by atoms with Gasteiger partial charge >= 0.3 is 0 Å². The highest BCUT2D eigenvalue weighted by molar-refractivity contribution is 5.95. The first-order chi connectivity index (χ1) is 7.97. The van der Waals surface area contributed by atoms with Crippen molar-refractivity contribution in [2.24, 2.45) is 5.92 Å². The molecule has 1 aromatic carbocycles. The Kier molecular flexibility index (Phi) is 3.00. The van der Waals surface area contributed by atoms with Gasteiger partial charge in [0.1, 0.15) is 5.82 Å². The van der Waals surface area contributed by atoms with E-state index in [0.717, 1.165) is 25.0 Å². The molecule has 1 aliphatic carbocycles. The molecule has 3 nitrogen and oxygen atoms in total. The van der Waals surface area contributed by atoms with E-state index in [9.17, 15) is 13.6 Å². The van der Waals surface area contributed by atoms with Crippen LogP contribution in [0.3, 0.4) is 0 Å². The molecular weight excluding hydrogens is 226 g/mol. The Bertz CT molecular complexity index is 456. The van der Waals surface area contributed by atoms with Crippen molar-refractivity contribution in [3.63, 3.8) is 0 Å². The van der Waals surface area contributed by atoms with E-state index in [0.29, 0.717) is 5.92 Å². The van der Waals surface area contributed by atoms with Crippen LogP contribution in [0.25, 0.3) is 0 Å². The van der Waals surface area contributed by atoms with Crippen molar-refractivity contribution >= 4 is 11.6 Å². The van der Waals surface area contributed by atoms with E-state index in [-0.39, 0.29) is 17.3 Å². The van der Waals surface area contributed by atoms with E-state index >= 15 is 0 Å². The zero-order valence-corrected chi connectivity index (χ0v) is 9.47. The summed E-state index contributed by atoms with van der Waals surface area (Å²) in [7, 11) is 0. The number of nitrogen functional groups attached to an aromatic ring is 1. The van der Waals surface area contributed by atoms with E-state index in [1.54, 1.807) is 0 Å². The van der Waals surface area contributed by atoms with Crippen molar-refractivity contribution < 1.29 is 13.6 Å². The largest absolute Gasteiger partial charge is 0.396 e. The number of nitrogens with one attached hydrogen (secondary N) is 1. The molecule has 0 heterocycles. The molecule has 1 amide bonds. The maximum atomic E-state index is 13.5. The van der Waals surface area contributed by atoms with Crippen molar-refractivity contribution in [3.8, 4) is 0 Å². The second-order valence-electron chi connectivity index (χ2n) is 4.60. The molecule has 0 bridgehead atoms. The zero-order valence-electron chi connectivity index (χ0n) is 9.47. The number of amides is 1. The Balaban J connectivity index is 2.13. The van der Waals surface area contributed by atoms with Crippen molar-refractivity contribution in [1.29, 1.82) is 0 Å². The fourth-order valence-corrected chi connectivity index (χ4v) is 2.06. The molecule has 0 saturated heterocycles. The van der Waals surface area contributed by atoms with Gasteiger partial charge in [0.15, 0.2) is 5.82 Å². The van der Waals surface area contributed by atoms with Gasteiger partial charge in [-0.25, -0.2) is 8.78 Å². The molecule has 0 atom stereocenters. The average Bonchev–Trinajstić information content (AvgIpc) is 2.21. The maximum absolute atomic E-state index is 13.5. The van der Waals surface area contributed by atoms with Crippen LogP contribution in [0.2, 0.25) is 0 Å². The summed E-state index contributed by atoms with van der Waals surface area (Å²) in [5.41, 5.74) is 4.58. The lowest BCUT2D eigenvalue weighted by molar-refractivity contribution is 0.0891. The molecule has 0 radical (unpaired) electrons. The highest BCUT2D eigenvalue weighted by Gasteiger charge is 2.28. The molecule has 0 aromatic heterocycles. The van der Waals surface area contributed by atoms with Crippen LogP contribution in [0.5, 0.6) is 0 Å². The quantitative estimate of drug-likeness (QED) is 0.777. The lowest BCUT2D eigenvalue weighted by Crippen LogP contribution is -2.43. The first-order valence-electron chi connectivity index (χ1n) is 5.52. The molecule has 3 N–H and O–H groups in total. The predicted molar refractivity (Wildman–Crippen MR) is 60.4 cm³/mol.